The monoisotopic (exact) mass is 337 g/mol. The van der Waals surface area contributed by atoms with Crippen LogP contribution in [0.3, 0.4) is 0 Å². The molecule has 0 amide bonds. The van der Waals surface area contributed by atoms with Crippen molar-refractivity contribution in [3.05, 3.63) is 6.42 Å². The summed E-state index contributed by atoms with van der Waals surface area (Å²) in [6, 6.07) is 0. The van der Waals surface area contributed by atoms with Crippen LogP contribution in [0.25, 0.3) is 0 Å². The molecule has 2 aliphatic rings. The summed E-state index contributed by atoms with van der Waals surface area (Å²) in [6.07, 6.45) is 15.2. The maximum absolute atomic E-state index is 2.91. The zero-order chi connectivity index (χ0) is 10.2. The van der Waals surface area contributed by atoms with Crippen LogP contribution in [-0.4, -0.2) is 11.3 Å². The van der Waals surface area contributed by atoms with Crippen LogP contribution in [0.4, 0.5) is 0 Å². The minimum absolute atomic E-state index is 0. The van der Waals surface area contributed by atoms with E-state index in [9.17, 15) is 0 Å². The van der Waals surface area contributed by atoms with Crippen molar-refractivity contribution in [3.63, 3.8) is 0 Å². The Morgan fingerprint density at radius 1 is 0.800 bits per heavy atom. The van der Waals surface area contributed by atoms with Crippen molar-refractivity contribution >= 4 is 18.5 Å². The normalized spacial score (nSPS) is 27.2. The van der Waals surface area contributed by atoms with Crippen molar-refractivity contribution in [1.29, 1.82) is 0 Å². The number of hydrogen-bond acceptors (Lipinski definition) is 0. The summed E-state index contributed by atoms with van der Waals surface area (Å²) in [4.78, 5) is 0. The molecule has 0 heterocycles. The van der Waals surface area contributed by atoms with Gasteiger partial charge in [0, 0.05) is 20.4 Å². The van der Waals surface area contributed by atoms with Gasteiger partial charge in [-0.25, -0.2) is 0 Å². The Labute approximate surface area is 114 Å². The fourth-order valence-corrected chi connectivity index (χ4v) is 3.01. The second kappa shape index (κ2) is 10.7. The van der Waals surface area contributed by atoms with Gasteiger partial charge < -0.3 is 6.42 Å². The Kier molecular flexibility index (Phi) is 11.7. The molecule has 2 saturated carbocycles. The molecule has 3 heteroatoms. The van der Waals surface area contributed by atoms with Crippen molar-refractivity contribution in [3.8, 4) is 0 Å². The van der Waals surface area contributed by atoms with Crippen molar-refractivity contribution in [1.82, 2.24) is 0 Å². The van der Waals surface area contributed by atoms with E-state index >= 15 is 0 Å². The quantitative estimate of drug-likeness (QED) is 0.353. The fourth-order valence-electron chi connectivity index (χ4n) is 2.11. The van der Waals surface area contributed by atoms with E-state index in [0.717, 1.165) is 11.3 Å². The van der Waals surface area contributed by atoms with Crippen LogP contribution in [0.15, 0.2) is 0 Å². The van der Waals surface area contributed by atoms with Gasteiger partial charge in [0.2, 0.25) is 0 Å². The van der Waals surface area contributed by atoms with Gasteiger partial charge in [-0.2, -0.15) is 12.8 Å². The first-order chi connectivity index (χ1) is 6.79. The Hall–Kier alpha value is 1.52. The number of hydrogen-bond donors (Lipinski definition) is 0. The van der Waals surface area contributed by atoms with Crippen LogP contribution in [0, 0.1) is 6.42 Å². The predicted molar refractivity (Wildman–Crippen MR) is 72.8 cm³/mol. The first-order valence-electron chi connectivity index (χ1n) is 6.12. The molecule has 0 radical (unpaired) electrons. The van der Waals surface area contributed by atoms with Crippen LogP contribution >= 0.6 is 18.5 Å². The molecule has 0 saturated heterocycles. The zero-order valence-corrected chi connectivity index (χ0v) is 13.4. The molecule has 0 aliphatic heterocycles. The Morgan fingerprint density at radius 2 is 1.40 bits per heavy atom. The molecule has 2 rings (SSSR count). The summed E-state index contributed by atoms with van der Waals surface area (Å²) in [6.45, 7) is 0. The maximum atomic E-state index is 2.91. The van der Waals surface area contributed by atoms with E-state index in [-0.39, 0.29) is 20.4 Å². The van der Waals surface area contributed by atoms with E-state index in [1.54, 1.807) is 0 Å². The van der Waals surface area contributed by atoms with Gasteiger partial charge in [0.25, 0.3) is 0 Å². The molecule has 3 unspecified atom stereocenters. The molecule has 0 nitrogen and oxygen atoms in total. The Balaban J connectivity index is 0.000000245. The molecule has 2 fully saturated rings. The molecule has 94 valence electrons. The van der Waals surface area contributed by atoms with Gasteiger partial charge in [-0.3, -0.25) is 0 Å². The van der Waals surface area contributed by atoms with E-state index in [4.69, 9.17) is 0 Å². The summed E-state index contributed by atoms with van der Waals surface area (Å²) in [7, 11) is 5.78. The van der Waals surface area contributed by atoms with E-state index in [1.807, 2.05) is 0 Å². The maximum Gasteiger partial charge on any atom is 0 e. The molecule has 15 heavy (non-hydrogen) atoms. The molecule has 0 N–H and O–H groups in total. The summed E-state index contributed by atoms with van der Waals surface area (Å²) in [5, 5.41) is 0. The van der Waals surface area contributed by atoms with Crippen molar-refractivity contribution in [2.75, 3.05) is 0 Å². The second-order valence-electron chi connectivity index (χ2n) is 4.61. The van der Waals surface area contributed by atoms with Gasteiger partial charge >= 0.3 is 0 Å². The SMILES string of the molecule is PC1CCCCC1.PC1C[CH-]CCC1.[Pd]. The zero-order valence-electron chi connectivity index (χ0n) is 9.57. The van der Waals surface area contributed by atoms with Gasteiger partial charge in [0.05, 0.1) is 0 Å². The van der Waals surface area contributed by atoms with Gasteiger partial charge in [0.1, 0.15) is 0 Å². The van der Waals surface area contributed by atoms with E-state index < -0.39 is 0 Å². The Morgan fingerprint density at radius 3 is 1.67 bits per heavy atom. The van der Waals surface area contributed by atoms with Crippen LogP contribution in [0.5, 0.6) is 0 Å². The summed E-state index contributed by atoms with van der Waals surface area (Å²) < 4.78 is 0. The third-order valence-electron chi connectivity index (χ3n) is 3.10. The van der Waals surface area contributed by atoms with Gasteiger partial charge in [-0.1, -0.05) is 37.8 Å². The second-order valence-corrected chi connectivity index (χ2v) is 6.50. The topological polar surface area (TPSA) is 0 Å². The van der Waals surface area contributed by atoms with Crippen LogP contribution in [-0.2, 0) is 20.4 Å². The van der Waals surface area contributed by atoms with E-state index in [2.05, 4.69) is 24.9 Å². The molecular formula is C12H25P2Pd-. The molecule has 2 aliphatic carbocycles. The standard InChI is InChI=1S/C6H13P.C6H12P.Pd/c2*7-6-4-2-1-3-5-6;/h6H,1-5,7H2;2,6H,1,3-5,7H2;/q;-1;. The minimum Gasteiger partial charge on any atom is -0.328 e. The summed E-state index contributed by atoms with van der Waals surface area (Å²) in [5.41, 5.74) is 1.85. The van der Waals surface area contributed by atoms with Crippen molar-refractivity contribution in [2.24, 2.45) is 0 Å². The van der Waals surface area contributed by atoms with Crippen molar-refractivity contribution < 1.29 is 20.4 Å². The minimum atomic E-state index is 0. The predicted octanol–water partition coefficient (Wildman–Crippen LogP) is 4.20. The van der Waals surface area contributed by atoms with Crippen molar-refractivity contribution in [2.45, 2.75) is 69.1 Å². The molecule has 0 aromatic heterocycles. The Bertz CT molecular complexity index is 114. The fraction of sp³-hybridized carbons (Fsp3) is 0.917. The van der Waals surface area contributed by atoms with Crippen LogP contribution in [0.1, 0.15) is 57.8 Å². The van der Waals surface area contributed by atoms with Gasteiger partial charge in [-0.05, 0) is 18.5 Å². The third-order valence-corrected chi connectivity index (χ3v) is 4.37. The van der Waals surface area contributed by atoms with Gasteiger partial charge in [0.15, 0.2) is 0 Å². The molecular weight excluding hydrogens is 312 g/mol. The van der Waals surface area contributed by atoms with E-state index in [1.165, 1.54) is 57.8 Å². The first kappa shape index (κ1) is 16.5. The smallest absolute Gasteiger partial charge is 0 e. The number of rotatable bonds is 0. The van der Waals surface area contributed by atoms with Crippen LogP contribution < -0.4 is 0 Å². The third kappa shape index (κ3) is 9.24. The molecule has 0 aromatic rings. The average Bonchev–Trinajstić information content (AvgIpc) is 2.21. The van der Waals surface area contributed by atoms with E-state index in [0.29, 0.717) is 0 Å². The van der Waals surface area contributed by atoms with Gasteiger partial charge in [-0.15, -0.1) is 18.5 Å². The molecule has 0 bridgehead atoms. The molecule has 0 aromatic carbocycles. The molecule has 0 spiro atoms. The molecule has 3 atom stereocenters. The largest absolute Gasteiger partial charge is 0.328 e. The average molecular weight is 338 g/mol. The summed E-state index contributed by atoms with van der Waals surface area (Å²) >= 11 is 0. The first-order valence-corrected chi connectivity index (χ1v) is 7.45. The summed E-state index contributed by atoms with van der Waals surface area (Å²) in [5.74, 6) is 0. The van der Waals surface area contributed by atoms with Crippen LogP contribution in [0.2, 0.25) is 0 Å².